The molecule has 9 nitrogen and oxygen atoms in total. The maximum Gasteiger partial charge on any atom is 0.408 e. The number of nitrogens with zero attached hydrogens (tertiary/aromatic N) is 1. The van der Waals surface area contributed by atoms with Gasteiger partial charge in [-0.15, -0.1) is 0 Å². The normalized spacial score (nSPS) is 12.9. The van der Waals surface area contributed by atoms with Gasteiger partial charge >= 0.3 is 6.09 Å². The van der Waals surface area contributed by atoms with Gasteiger partial charge in [0.15, 0.2) is 0 Å². The Kier molecular flexibility index (Phi) is 9.47. The summed E-state index contributed by atoms with van der Waals surface area (Å²) in [5.74, 6) is -1.36. The highest BCUT2D eigenvalue weighted by atomic mass is 16.6. The number of hydrogen-bond acceptors (Lipinski definition) is 6. The van der Waals surface area contributed by atoms with Crippen LogP contribution in [0.5, 0.6) is 5.75 Å². The minimum Gasteiger partial charge on any atom is -0.507 e. The number of carbonyl (C=O) groups excluding carboxylic acids is 3. The SMILES string of the molecule is CCN(C(=O)C(CO)NC(=O)OC(C)(C)C)C(C(=O)Nc1c(C)cccc1C)c1cccc(C)c1O. The number of para-hydroxylation sites is 2. The Hall–Kier alpha value is -3.59. The molecule has 0 spiro atoms. The van der Waals surface area contributed by atoms with Crippen molar-refractivity contribution in [3.63, 3.8) is 0 Å². The van der Waals surface area contributed by atoms with E-state index in [9.17, 15) is 24.6 Å². The lowest BCUT2D eigenvalue weighted by molar-refractivity contribution is -0.141. The van der Waals surface area contributed by atoms with E-state index >= 15 is 0 Å². The molecule has 0 saturated heterocycles. The molecule has 0 saturated carbocycles. The average Bonchev–Trinajstić information content (AvgIpc) is 2.78. The molecule has 0 aromatic heterocycles. The Morgan fingerprint density at radius 1 is 1.00 bits per heavy atom. The van der Waals surface area contributed by atoms with Crippen molar-refractivity contribution in [2.45, 2.75) is 66.2 Å². The molecule has 2 rings (SSSR count). The van der Waals surface area contributed by atoms with Crippen LogP contribution < -0.4 is 10.6 Å². The first kappa shape index (κ1) is 28.6. The van der Waals surface area contributed by atoms with E-state index < -0.39 is 42.2 Å². The van der Waals surface area contributed by atoms with Crippen LogP contribution in [0.15, 0.2) is 36.4 Å². The van der Waals surface area contributed by atoms with Crippen molar-refractivity contribution in [3.05, 3.63) is 58.7 Å². The molecular formula is C27H37N3O6. The average molecular weight is 500 g/mol. The number of alkyl carbamates (subject to hydrolysis) is 1. The van der Waals surface area contributed by atoms with E-state index in [1.165, 1.54) is 4.90 Å². The molecule has 9 heteroatoms. The largest absolute Gasteiger partial charge is 0.507 e. The number of aromatic hydroxyl groups is 1. The molecule has 2 unspecified atom stereocenters. The van der Waals surface area contributed by atoms with Crippen LogP contribution in [0.3, 0.4) is 0 Å². The fraction of sp³-hybridized carbons (Fsp3) is 0.444. The molecule has 4 N–H and O–H groups in total. The van der Waals surface area contributed by atoms with Crippen LogP contribution in [0.4, 0.5) is 10.5 Å². The lowest BCUT2D eigenvalue weighted by Gasteiger charge is -2.34. The van der Waals surface area contributed by atoms with E-state index in [1.807, 2.05) is 32.0 Å². The van der Waals surface area contributed by atoms with Crippen LogP contribution in [0.25, 0.3) is 0 Å². The van der Waals surface area contributed by atoms with Crippen molar-refractivity contribution >= 4 is 23.6 Å². The number of likely N-dealkylation sites (N-methyl/N-ethyl adjacent to an activating group) is 1. The van der Waals surface area contributed by atoms with Crippen LogP contribution in [-0.4, -0.2) is 57.8 Å². The third-order valence-corrected chi connectivity index (χ3v) is 5.65. The van der Waals surface area contributed by atoms with Gasteiger partial charge in [-0.25, -0.2) is 4.79 Å². The van der Waals surface area contributed by atoms with Crippen LogP contribution in [0, 0.1) is 20.8 Å². The zero-order valence-electron chi connectivity index (χ0n) is 22.0. The molecule has 36 heavy (non-hydrogen) atoms. The number of phenolic OH excluding ortho intramolecular Hbond substituents is 1. The van der Waals surface area contributed by atoms with Gasteiger partial charge in [-0.1, -0.05) is 36.4 Å². The number of hydrogen-bond donors (Lipinski definition) is 4. The highest BCUT2D eigenvalue weighted by Gasteiger charge is 2.37. The number of carbonyl (C=O) groups is 3. The number of ether oxygens (including phenoxy) is 1. The highest BCUT2D eigenvalue weighted by Crippen LogP contribution is 2.33. The van der Waals surface area contributed by atoms with Crippen molar-refractivity contribution in [2.75, 3.05) is 18.5 Å². The van der Waals surface area contributed by atoms with Crippen molar-refractivity contribution in [3.8, 4) is 5.75 Å². The fourth-order valence-corrected chi connectivity index (χ4v) is 3.86. The molecule has 2 aromatic carbocycles. The first-order chi connectivity index (χ1) is 16.8. The lowest BCUT2D eigenvalue weighted by Crippen LogP contribution is -2.53. The molecule has 0 aliphatic rings. The predicted molar refractivity (Wildman–Crippen MR) is 138 cm³/mol. The summed E-state index contributed by atoms with van der Waals surface area (Å²) in [5.41, 5.74) is 2.23. The van der Waals surface area contributed by atoms with Gasteiger partial charge in [0.25, 0.3) is 5.91 Å². The topological polar surface area (TPSA) is 128 Å². The maximum atomic E-state index is 13.7. The Bertz CT molecular complexity index is 1090. The van der Waals surface area contributed by atoms with Gasteiger partial charge in [0.2, 0.25) is 5.91 Å². The minimum atomic E-state index is -1.36. The number of amides is 3. The summed E-state index contributed by atoms with van der Waals surface area (Å²) >= 11 is 0. The van der Waals surface area contributed by atoms with Gasteiger partial charge in [-0.05, 0) is 65.2 Å². The molecule has 0 aliphatic carbocycles. The molecule has 2 atom stereocenters. The first-order valence-corrected chi connectivity index (χ1v) is 11.9. The highest BCUT2D eigenvalue weighted by molar-refractivity contribution is 6.00. The summed E-state index contributed by atoms with van der Waals surface area (Å²) in [7, 11) is 0. The second kappa shape index (κ2) is 11.9. The van der Waals surface area contributed by atoms with Gasteiger partial charge in [0.05, 0.1) is 6.61 Å². The third kappa shape index (κ3) is 6.97. The second-order valence-corrected chi connectivity index (χ2v) is 9.68. The Labute approximate surface area is 212 Å². The number of rotatable bonds is 8. The Morgan fingerprint density at radius 3 is 2.08 bits per heavy atom. The number of aryl methyl sites for hydroxylation is 3. The first-order valence-electron chi connectivity index (χ1n) is 11.9. The van der Waals surface area contributed by atoms with Crippen molar-refractivity contribution < 1.29 is 29.3 Å². The molecule has 196 valence electrons. The standard InChI is InChI=1S/C27H37N3O6/c1-8-30(25(34)20(15-31)28-26(35)36-27(5,6)7)22(19-14-10-13-18(4)23(19)32)24(33)29-21-16(2)11-9-12-17(21)3/h9-14,20,22,31-32H,8,15H2,1-7H3,(H,28,35)(H,29,33). The summed E-state index contributed by atoms with van der Waals surface area (Å²) in [6, 6.07) is 7.94. The molecule has 3 amide bonds. The minimum absolute atomic E-state index is 0.0591. The smallest absolute Gasteiger partial charge is 0.408 e. The molecule has 0 bridgehead atoms. The number of benzene rings is 2. The van der Waals surface area contributed by atoms with Crippen LogP contribution in [0.1, 0.15) is 56.0 Å². The quantitative estimate of drug-likeness (QED) is 0.438. The second-order valence-electron chi connectivity index (χ2n) is 9.68. The number of aliphatic hydroxyl groups excluding tert-OH is 1. The summed E-state index contributed by atoms with van der Waals surface area (Å²) < 4.78 is 5.22. The van der Waals surface area contributed by atoms with E-state index in [4.69, 9.17) is 4.74 Å². The van der Waals surface area contributed by atoms with E-state index in [0.29, 0.717) is 11.3 Å². The van der Waals surface area contributed by atoms with Gasteiger partial charge in [0, 0.05) is 17.8 Å². The van der Waals surface area contributed by atoms with Crippen molar-refractivity contribution in [1.29, 1.82) is 0 Å². The Morgan fingerprint density at radius 2 is 1.56 bits per heavy atom. The number of nitrogens with one attached hydrogen (secondary N) is 2. The maximum absolute atomic E-state index is 13.7. The molecule has 0 heterocycles. The molecule has 0 aliphatic heterocycles. The van der Waals surface area contributed by atoms with Gasteiger partial charge in [-0.3, -0.25) is 9.59 Å². The van der Waals surface area contributed by atoms with Crippen molar-refractivity contribution in [2.24, 2.45) is 0 Å². The molecule has 0 radical (unpaired) electrons. The summed E-state index contributed by atoms with van der Waals surface area (Å²) in [6.45, 7) is 11.5. The van der Waals surface area contributed by atoms with E-state index in [-0.39, 0.29) is 17.9 Å². The van der Waals surface area contributed by atoms with Gasteiger partial charge in [-0.2, -0.15) is 0 Å². The lowest BCUT2D eigenvalue weighted by atomic mass is 9.98. The van der Waals surface area contributed by atoms with Gasteiger partial charge in [0.1, 0.15) is 23.4 Å². The fourth-order valence-electron chi connectivity index (χ4n) is 3.86. The molecule has 2 aromatic rings. The van der Waals surface area contributed by atoms with E-state index in [1.54, 1.807) is 52.8 Å². The predicted octanol–water partition coefficient (Wildman–Crippen LogP) is 3.73. The summed E-state index contributed by atoms with van der Waals surface area (Å²) in [5, 5.41) is 26.0. The van der Waals surface area contributed by atoms with Crippen LogP contribution in [-0.2, 0) is 14.3 Å². The summed E-state index contributed by atoms with van der Waals surface area (Å²) in [4.78, 5) is 40.8. The summed E-state index contributed by atoms with van der Waals surface area (Å²) in [6.07, 6.45) is -0.874. The van der Waals surface area contributed by atoms with Crippen molar-refractivity contribution in [1.82, 2.24) is 10.2 Å². The third-order valence-electron chi connectivity index (χ3n) is 5.65. The zero-order valence-corrected chi connectivity index (χ0v) is 22.0. The van der Waals surface area contributed by atoms with Crippen LogP contribution >= 0.6 is 0 Å². The number of anilines is 1. The van der Waals surface area contributed by atoms with Gasteiger partial charge < -0.3 is 30.5 Å². The molecule has 0 fully saturated rings. The van der Waals surface area contributed by atoms with E-state index in [2.05, 4.69) is 10.6 Å². The number of phenols is 1. The molecular weight excluding hydrogens is 462 g/mol. The van der Waals surface area contributed by atoms with Crippen LogP contribution in [0.2, 0.25) is 0 Å². The Balaban J connectivity index is 2.50. The van der Waals surface area contributed by atoms with E-state index in [0.717, 1.165) is 11.1 Å². The monoisotopic (exact) mass is 499 g/mol. The zero-order chi connectivity index (χ0) is 27.2. The number of aliphatic hydroxyl groups is 1.